The van der Waals surface area contributed by atoms with E-state index in [0.717, 1.165) is 43.5 Å². The zero-order valence-electron chi connectivity index (χ0n) is 10.6. The van der Waals surface area contributed by atoms with Crippen molar-refractivity contribution in [3.05, 3.63) is 40.6 Å². The third kappa shape index (κ3) is 2.46. The van der Waals surface area contributed by atoms with Crippen molar-refractivity contribution in [2.75, 3.05) is 13.2 Å². The Kier molecular flexibility index (Phi) is 3.21. The molecule has 1 aliphatic rings. The number of rotatable bonds is 3. The molecule has 1 aromatic heterocycles. The van der Waals surface area contributed by atoms with Crippen molar-refractivity contribution >= 4 is 16.6 Å². The van der Waals surface area contributed by atoms with Crippen molar-refractivity contribution in [3.63, 3.8) is 0 Å². The smallest absolute Gasteiger partial charge is 0.270 e. The number of non-ortho nitro benzene ring substituents is 1. The highest BCUT2D eigenvalue weighted by molar-refractivity contribution is 5.82. The molecule has 0 aliphatic carbocycles. The van der Waals surface area contributed by atoms with E-state index >= 15 is 0 Å². The first kappa shape index (κ1) is 12.2. The fourth-order valence-electron chi connectivity index (χ4n) is 2.67. The highest BCUT2D eigenvalue weighted by Crippen LogP contribution is 2.24. The molecule has 0 amide bonds. The average Bonchev–Trinajstić information content (AvgIpc) is 2.82. The Morgan fingerprint density at radius 1 is 1.32 bits per heavy atom. The second-order valence-corrected chi connectivity index (χ2v) is 5.02. The summed E-state index contributed by atoms with van der Waals surface area (Å²) in [6.07, 6.45) is 4.20. The molecule has 0 radical (unpaired) electrons. The van der Waals surface area contributed by atoms with E-state index < -0.39 is 0 Å². The minimum Gasteiger partial charge on any atom is -0.381 e. The summed E-state index contributed by atoms with van der Waals surface area (Å²) in [5.41, 5.74) is 1.22. The second kappa shape index (κ2) is 5.01. The molecular formula is C14H16N2O3. The van der Waals surface area contributed by atoms with Gasteiger partial charge in [-0.15, -0.1) is 0 Å². The molecule has 1 aliphatic heterocycles. The first-order valence-corrected chi connectivity index (χ1v) is 6.55. The van der Waals surface area contributed by atoms with Gasteiger partial charge in [-0.2, -0.15) is 0 Å². The van der Waals surface area contributed by atoms with Crippen LogP contribution in [-0.2, 0) is 11.3 Å². The Morgan fingerprint density at radius 2 is 2.11 bits per heavy atom. The van der Waals surface area contributed by atoms with Crippen LogP contribution in [0.5, 0.6) is 0 Å². The Labute approximate surface area is 110 Å². The Balaban J connectivity index is 1.86. The summed E-state index contributed by atoms with van der Waals surface area (Å²) in [5, 5.41) is 11.7. The molecule has 1 aromatic carbocycles. The lowest BCUT2D eigenvalue weighted by Crippen LogP contribution is -2.19. The van der Waals surface area contributed by atoms with Crippen LogP contribution in [0.4, 0.5) is 5.69 Å². The fraction of sp³-hybridized carbons (Fsp3) is 0.429. The summed E-state index contributed by atoms with van der Waals surface area (Å²) in [6, 6.07) is 6.99. The van der Waals surface area contributed by atoms with Crippen LogP contribution < -0.4 is 0 Å². The summed E-state index contributed by atoms with van der Waals surface area (Å²) in [7, 11) is 0. The summed E-state index contributed by atoms with van der Waals surface area (Å²) < 4.78 is 7.55. The predicted octanol–water partition coefficient (Wildman–Crippen LogP) is 2.98. The molecule has 0 atom stereocenters. The van der Waals surface area contributed by atoms with Gasteiger partial charge in [-0.3, -0.25) is 10.1 Å². The topological polar surface area (TPSA) is 57.3 Å². The summed E-state index contributed by atoms with van der Waals surface area (Å²) >= 11 is 0. The first-order chi connectivity index (χ1) is 9.24. The number of aromatic nitrogens is 1. The van der Waals surface area contributed by atoms with Crippen LogP contribution >= 0.6 is 0 Å². The molecule has 0 bridgehead atoms. The van der Waals surface area contributed by atoms with Crippen LogP contribution in [-0.4, -0.2) is 22.7 Å². The zero-order valence-corrected chi connectivity index (χ0v) is 10.6. The lowest BCUT2D eigenvalue weighted by molar-refractivity contribution is -0.384. The highest BCUT2D eigenvalue weighted by atomic mass is 16.6. The third-order valence-corrected chi connectivity index (χ3v) is 3.76. The van der Waals surface area contributed by atoms with E-state index in [-0.39, 0.29) is 10.6 Å². The summed E-state index contributed by atoms with van der Waals surface area (Å²) in [4.78, 5) is 10.4. The molecule has 0 spiro atoms. The number of ether oxygens (including phenoxy) is 1. The lowest BCUT2D eigenvalue weighted by Gasteiger charge is -2.22. The van der Waals surface area contributed by atoms with Gasteiger partial charge in [-0.25, -0.2) is 0 Å². The van der Waals surface area contributed by atoms with Crippen LogP contribution in [0.3, 0.4) is 0 Å². The normalized spacial score (nSPS) is 16.8. The van der Waals surface area contributed by atoms with Crippen molar-refractivity contribution in [2.45, 2.75) is 19.4 Å². The zero-order chi connectivity index (χ0) is 13.2. The van der Waals surface area contributed by atoms with E-state index in [1.807, 2.05) is 18.3 Å². The average molecular weight is 260 g/mol. The van der Waals surface area contributed by atoms with Crippen molar-refractivity contribution in [3.8, 4) is 0 Å². The molecule has 5 heteroatoms. The van der Waals surface area contributed by atoms with E-state index in [4.69, 9.17) is 4.74 Å². The highest BCUT2D eigenvalue weighted by Gasteiger charge is 2.15. The molecule has 2 heterocycles. The van der Waals surface area contributed by atoms with Gasteiger partial charge in [-0.1, -0.05) is 0 Å². The molecular weight excluding hydrogens is 244 g/mol. The predicted molar refractivity (Wildman–Crippen MR) is 72.1 cm³/mol. The van der Waals surface area contributed by atoms with Crippen LogP contribution in [0.25, 0.3) is 10.9 Å². The van der Waals surface area contributed by atoms with Crippen molar-refractivity contribution < 1.29 is 9.66 Å². The molecule has 19 heavy (non-hydrogen) atoms. The van der Waals surface area contributed by atoms with Crippen molar-refractivity contribution in [2.24, 2.45) is 5.92 Å². The largest absolute Gasteiger partial charge is 0.381 e. The Morgan fingerprint density at radius 3 is 2.84 bits per heavy atom. The number of nitrogens with zero attached hydrogens (tertiary/aromatic N) is 2. The SMILES string of the molecule is O=[N+]([O-])c1ccc2c(ccn2CC2CCOCC2)c1. The van der Waals surface area contributed by atoms with Crippen LogP contribution in [0.2, 0.25) is 0 Å². The second-order valence-electron chi connectivity index (χ2n) is 5.02. The van der Waals surface area contributed by atoms with Crippen molar-refractivity contribution in [1.29, 1.82) is 0 Å². The Hall–Kier alpha value is -1.88. The number of benzene rings is 1. The van der Waals surface area contributed by atoms with Gasteiger partial charge in [0.15, 0.2) is 0 Å². The molecule has 2 aromatic rings. The molecule has 1 saturated heterocycles. The number of nitro benzene ring substituents is 1. The van der Waals surface area contributed by atoms with Gasteiger partial charge in [0.1, 0.15) is 0 Å². The molecule has 1 fully saturated rings. The number of fused-ring (bicyclic) bond motifs is 1. The van der Waals surface area contributed by atoms with Crippen LogP contribution in [0, 0.1) is 16.0 Å². The van der Waals surface area contributed by atoms with Gasteiger partial charge in [0.2, 0.25) is 0 Å². The number of nitro groups is 1. The minimum absolute atomic E-state index is 0.149. The van der Waals surface area contributed by atoms with Gasteiger partial charge < -0.3 is 9.30 Å². The van der Waals surface area contributed by atoms with Gasteiger partial charge in [0, 0.05) is 49.0 Å². The van der Waals surface area contributed by atoms with E-state index in [2.05, 4.69) is 4.57 Å². The van der Waals surface area contributed by atoms with Crippen LogP contribution in [0.1, 0.15) is 12.8 Å². The molecule has 0 unspecified atom stereocenters. The summed E-state index contributed by atoms with van der Waals surface area (Å²) in [5.74, 6) is 0.638. The molecule has 5 nitrogen and oxygen atoms in total. The molecule has 100 valence electrons. The molecule has 0 N–H and O–H groups in total. The Bertz CT molecular complexity index is 600. The quantitative estimate of drug-likeness (QED) is 0.629. The monoisotopic (exact) mass is 260 g/mol. The first-order valence-electron chi connectivity index (χ1n) is 6.55. The lowest BCUT2D eigenvalue weighted by atomic mass is 10.0. The van der Waals surface area contributed by atoms with Gasteiger partial charge >= 0.3 is 0 Å². The number of hydrogen-bond donors (Lipinski definition) is 0. The van der Waals surface area contributed by atoms with Crippen molar-refractivity contribution in [1.82, 2.24) is 4.57 Å². The van der Waals surface area contributed by atoms with Gasteiger partial charge in [0.05, 0.1) is 4.92 Å². The molecule has 0 saturated carbocycles. The standard InChI is InChI=1S/C14H16N2O3/c17-16(18)13-1-2-14-12(9-13)3-6-15(14)10-11-4-7-19-8-5-11/h1-3,6,9,11H,4-5,7-8,10H2. The molecule has 3 rings (SSSR count). The van der Waals surface area contributed by atoms with Crippen LogP contribution in [0.15, 0.2) is 30.5 Å². The minimum atomic E-state index is -0.352. The van der Waals surface area contributed by atoms with E-state index in [9.17, 15) is 10.1 Å². The van der Waals surface area contributed by atoms with E-state index in [1.165, 1.54) is 0 Å². The number of hydrogen-bond acceptors (Lipinski definition) is 3. The third-order valence-electron chi connectivity index (χ3n) is 3.76. The maximum Gasteiger partial charge on any atom is 0.270 e. The van der Waals surface area contributed by atoms with Gasteiger partial charge in [-0.05, 0) is 30.9 Å². The fourth-order valence-corrected chi connectivity index (χ4v) is 2.67. The van der Waals surface area contributed by atoms with E-state index in [0.29, 0.717) is 5.92 Å². The van der Waals surface area contributed by atoms with E-state index in [1.54, 1.807) is 12.1 Å². The maximum atomic E-state index is 10.8. The van der Waals surface area contributed by atoms with Gasteiger partial charge in [0.25, 0.3) is 5.69 Å². The summed E-state index contributed by atoms with van der Waals surface area (Å²) in [6.45, 7) is 2.65. The maximum absolute atomic E-state index is 10.8.